The van der Waals surface area contributed by atoms with Crippen molar-refractivity contribution >= 4 is 11.8 Å². The van der Waals surface area contributed by atoms with E-state index in [0.717, 1.165) is 12.0 Å². The number of nitrogens with two attached hydrogens (primary N) is 1. The third-order valence-corrected chi connectivity index (χ3v) is 4.01. The zero-order chi connectivity index (χ0) is 17.0. The summed E-state index contributed by atoms with van der Waals surface area (Å²) in [6.07, 6.45) is 0.890. The highest BCUT2D eigenvalue weighted by molar-refractivity contribution is 5.98. The average molecular weight is 311 g/mol. The van der Waals surface area contributed by atoms with E-state index in [1.54, 1.807) is 13.8 Å². The Bertz CT molecular complexity index is 737. The van der Waals surface area contributed by atoms with Crippen LogP contribution in [0, 0.1) is 5.92 Å². The van der Waals surface area contributed by atoms with Crippen LogP contribution in [0.4, 0.5) is 0 Å². The smallest absolute Gasteiger partial charge is 0.307 e. The van der Waals surface area contributed by atoms with Crippen molar-refractivity contribution in [3.05, 3.63) is 59.2 Å². The Morgan fingerprint density at radius 3 is 2.35 bits per heavy atom. The minimum atomic E-state index is -0.831. The van der Waals surface area contributed by atoms with Crippen molar-refractivity contribution in [1.29, 1.82) is 0 Å². The summed E-state index contributed by atoms with van der Waals surface area (Å²) < 4.78 is 0. The molecule has 2 aromatic carbocycles. The Morgan fingerprint density at radius 2 is 1.78 bits per heavy atom. The fourth-order valence-electron chi connectivity index (χ4n) is 2.59. The maximum absolute atomic E-state index is 11.6. The maximum atomic E-state index is 11.6. The third-order valence-electron chi connectivity index (χ3n) is 4.01. The van der Waals surface area contributed by atoms with Crippen molar-refractivity contribution in [3.63, 3.8) is 0 Å². The van der Waals surface area contributed by atoms with Crippen molar-refractivity contribution in [3.8, 4) is 11.1 Å². The van der Waals surface area contributed by atoms with Gasteiger partial charge in [0.05, 0.1) is 5.92 Å². The van der Waals surface area contributed by atoms with Crippen LogP contribution in [0.2, 0.25) is 0 Å². The molecule has 0 spiro atoms. The van der Waals surface area contributed by atoms with Gasteiger partial charge >= 0.3 is 5.97 Å². The first-order valence-electron chi connectivity index (χ1n) is 7.59. The van der Waals surface area contributed by atoms with E-state index >= 15 is 0 Å². The van der Waals surface area contributed by atoms with Gasteiger partial charge in [0.15, 0.2) is 5.78 Å². The van der Waals surface area contributed by atoms with Crippen molar-refractivity contribution in [2.24, 2.45) is 11.7 Å². The number of hydrogen-bond donors (Lipinski definition) is 2. The Labute approximate surface area is 136 Å². The monoisotopic (exact) mass is 311 g/mol. The first kappa shape index (κ1) is 16.9. The SMILES string of the molecule is CC(=O)c1cccc2c1Cc1ccccc1-2.CC(CN)C(=O)O. The van der Waals surface area contributed by atoms with Gasteiger partial charge in [0.1, 0.15) is 0 Å². The number of carbonyl (C=O) groups is 2. The van der Waals surface area contributed by atoms with E-state index in [0.29, 0.717) is 0 Å². The molecule has 3 rings (SSSR count). The van der Waals surface area contributed by atoms with E-state index in [1.807, 2.05) is 18.2 Å². The van der Waals surface area contributed by atoms with E-state index < -0.39 is 11.9 Å². The fourth-order valence-corrected chi connectivity index (χ4v) is 2.59. The van der Waals surface area contributed by atoms with Crippen molar-refractivity contribution in [2.75, 3.05) is 6.54 Å². The molecule has 0 aliphatic heterocycles. The molecule has 1 aliphatic carbocycles. The second-order valence-corrected chi connectivity index (χ2v) is 5.70. The van der Waals surface area contributed by atoms with Gasteiger partial charge in [0.2, 0.25) is 0 Å². The van der Waals surface area contributed by atoms with E-state index in [2.05, 4.69) is 24.3 Å². The zero-order valence-corrected chi connectivity index (χ0v) is 13.4. The molecule has 0 amide bonds. The van der Waals surface area contributed by atoms with Crippen LogP contribution in [-0.4, -0.2) is 23.4 Å². The van der Waals surface area contributed by atoms with Crippen LogP contribution in [-0.2, 0) is 11.2 Å². The highest BCUT2D eigenvalue weighted by atomic mass is 16.4. The van der Waals surface area contributed by atoms with Gasteiger partial charge in [-0.3, -0.25) is 9.59 Å². The summed E-state index contributed by atoms with van der Waals surface area (Å²) >= 11 is 0. The topological polar surface area (TPSA) is 80.4 Å². The molecule has 4 heteroatoms. The average Bonchev–Trinajstić information content (AvgIpc) is 2.92. The highest BCUT2D eigenvalue weighted by Crippen LogP contribution is 2.37. The van der Waals surface area contributed by atoms with Crippen LogP contribution in [0.1, 0.15) is 35.3 Å². The normalized spacial score (nSPS) is 12.5. The van der Waals surface area contributed by atoms with Gasteiger partial charge in [-0.15, -0.1) is 0 Å². The summed E-state index contributed by atoms with van der Waals surface area (Å²) in [5, 5.41) is 8.10. The van der Waals surface area contributed by atoms with E-state index in [4.69, 9.17) is 10.8 Å². The van der Waals surface area contributed by atoms with Crippen LogP contribution in [0.5, 0.6) is 0 Å². The summed E-state index contributed by atoms with van der Waals surface area (Å²) in [6.45, 7) is 3.43. The molecule has 0 radical (unpaired) electrons. The zero-order valence-electron chi connectivity index (χ0n) is 13.4. The number of carbonyl (C=O) groups excluding carboxylic acids is 1. The fraction of sp³-hybridized carbons (Fsp3) is 0.263. The van der Waals surface area contributed by atoms with E-state index in [9.17, 15) is 9.59 Å². The van der Waals surface area contributed by atoms with Crippen LogP contribution in [0.15, 0.2) is 42.5 Å². The second kappa shape index (κ2) is 7.20. The van der Waals surface area contributed by atoms with Crippen molar-refractivity contribution in [1.82, 2.24) is 0 Å². The lowest BCUT2D eigenvalue weighted by atomic mass is 9.99. The molecule has 2 aromatic rings. The Balaban J connectivity index is 0.000000236. The standard InChI is InChI=1S/C15H12O.C4H9NO2/c1-10(16)12-7-4-8-14-13-6-3-2-5-11(13)9-15(12)14;1-3(2-5)4(6)7/h2-8H,9H2,1H3;3H,2,5H2,1H3,(H,6,7). The molecular formula is C19H21NO3. The molecule has 1 atom stereocenters. The Kier molecular flexibility index (Phi) is 5.29. The number of aliphatic carboxylic acids is 1. The number of rotatable bonds is 3. The number of hydrogen-bond acceptors (Lipinski definition) is 3. The van der Waals surface area contributed by atoms with Crippen LogP contribution in [0.25, 0.3) is 11.1 Å². The van der Waals surface area contributed by atoms with Crippen LogP contribution in [0.3, 0.4) is 0 Å². The van der Waals surface area contributed by atoms with Gasteiger partial charge in [-0.1, -0.05) is 49.4 Å². The molecule has 0 fully saturated rings. The van der Waals surface area contributed by atoms with Crippen LogP contribution < -0.4 is 5.73 Å². The van der Waals surface area contributed by atoms with Gasteiger partial charge in [0.25, 0.3) is 0 Å². The lowest BCUT2D eigenvalue weighted by Gasteiger charge is -2.04. The van der Waals surface area contributed by atoms with Gasteiger partial charge in [-0.2, -0.15) is 0 Å². The molecule has 0 bridgehead atoms. The minimum Gasteiger partial charge on any atom is -0.481 e. The van der Waals surface area contributed by atoms with Gasteiger partial charge in [0, 0.05) is 12.1 Å². The molecule has 4 nitrogen and oxygen atoms in total. The summed E-state index contributed by atoms with van der Waals surface area (Å²) in [7, 11) is 0. The van der Waals surface area contributed by atoms with Crippen molar-refractivity contribution in [2.45, 2.75) is 20.3 Å². The number of carboxylic acids is 1. The molecule has 1 unspecified atom stereocenters. The lowest BCUT2D eigenvalue weighted by molar-refractivity contribution is -0.140. The number of fused-ring (bicyclic) bond motifs is 3. The Morgan fingerprint density at radius 1 is 1.13 bits per heavy atom. The predicted molar refractivity (Wildman–Crippen MR) is 90.5 cm³/mol. The molecule has 0 aromatic heterocycles. The van der Waals surface area contributed by atoms with Gasteiger partial charge in [-0.05, 0) is 35.6 Å². The Hall–Kier alpha value is -2.46. The molecule has 23 heavy (non-hydrogen) atoms. The summed E-state index contributed by atoms with van der Waals surface area (Å²) in [6, 6.07) is 14.4. The molecule has 0 heterocycles. The quantitative estimate of drug-likeness (QED) is 0.728. The van der Waals surface area contributed by atoms with E-state index in [1.165, 1.54) is 22.3 Å². The first-order chi connectivity index (χ1) is 11.0. The lowest BCUT2D eigenvalue weighted by Crippen LogP contribution is -2.19. The van der Waals surface area contributed by atoms with E-state index in [-0.39, 0.29) is 12.3 Å². The molecule has 0 saturated carbocycles. The van der Waals surface area contributed by atoms with Crippen LogP contribution >= 0.6 is 0 Å². The molecule has 120 valence electrons. The highest BCUT2D eigenvalue weighted by Gasteiger charge is 2.21. The number of benzene rings is 2. The second-order valence-electron chi connectivity index (χ2n) is 5.70. The minimum absolute atomic E-state index is 0.157. The predicted octanol–water partition coefficient (Wildman–Crippen LogP) is 3.13. The number of Topliss-reactive ketones (excluding diaryl/α,β-unsaturated/α-hetero) is 1. The summed E-state index contributed by atoms with van der Waals surface area (Å²) in [5.74, 6) is -1.08. The number of carboxylic acid groups (broad SMARTS) is 1. The summed E-state index contributed by atoms with van der Waals surface area (Å²) in [5.41, 5.74) is 10.9. The first-order valence-corrected chi connectivity index (χ1v) is 7.59. The number of ketones is 1. The van der Waals surface area contributed by atoms with Crippen molar-refractivity contribution < 1.29 is 14.7 Å². The molecular weight excluding hydrogens is 290 g/mol. The van der Waals surface area contributed by atoms with Gasteiger partial charge in [-0.25, -0.2) is 0 Å². The largest absolute Gasteiger partial charge is 0.481 e. The maximum Gasteiger partial charge on any atom is 0.307 e. The third kappa shape index (κ3) is 3.66. The molecule has 0 saturated heterocycles. The summed E-state index contributed by atoms with van der Waals surface area (Å²) in [4.78, 5) is 21.4. The van der Waals surface area contributed by atoms with Gasteiger partial charge < -0.3 is 10.8 Å². The molecule has 1 aliphatic rings. The molecule has 3 N–H and O–H groups in total.